The summed E-state index contributed by atoms with van der Waals surface area (Å²) in [5, 5.41) is 2.44. The number of hydrogen-bond acceptors (Lipinski definition) is 3. The maximum atomic E-state index is 13.3. The number of carbonyl (C=O) groups is 2. The van der Waals surface area contributed by atoms with Gasteiger partial charge in [-0.05, 0) is 61.2 Å². The van der Waals surface area contributed by atoms with E-state index in [0.29, 0.717) is 24.1 Å². The largest absolute Gasteiger partial charge is 0.497 e. The van der Waals surface area contributed by atoms with E-state index in [1.165, 1.54) is 12.1 Å². The second kappa shape index (κ2) is 8.24. The predicted molar refractivity (Wildman–Crippen MR) is 90.7 cm³/mol. The zero-order valence-corrected chi connectivity index (χ0v) is 13.8. The molecule has 0 atom stereocenters. The van der Waals surface area contributed by atoms with Crippen molar-refractivity contribution < 1.29 is 18.7 Å². The molecule has 0 aromatic heterocycles. The standard InChI is InChI=1S/C19H20FNO3/c1-13-10-15(20)12-16(11-13)21-19(23)18(22)5-3-4-14-6-8-17(24-2)9-7-14/h6-12H,3-5H2,1-2H3,(H,21,23). The van der Waals surface area contributed by atoms with Crippen LogP contribution in [-0.2, 0) is 16.0 Å². The lowest BCUT2D eigenvalue weighted by Crippen LogP contribution is -2.22. The Morgan fingerprint density at radius 1 is 1.12 bits per heavy atom. The number of ether oxygens (including phenoxy) is 1. The third-order valence-electron chi connectivity index (χ3n) is 3.58. The predicted octanol–water partition coefficient (Wildman–Crippen LogP) is 3.67. The minimum absolute atomic E-state index is 0.145. The van der Waals surface area contributed by atoms with Gasteiger partial charge in [-0.3, -0.25) is 9.59 Å². The zero-order chi connectivity index (χ0) is 17.5. The van der Waals surface area contributed by atoms with E-state index in [9.17, 15) is 14.0 Å². The minimum atomic E-state index is -0.713. The molecule has 0 unspecified atom stereocenters. The third-order valence-corrected chi connectivity index (χ3v) is 3.58. The third kappa shape index (κ3) is 5.19. The van der Waals surface area contributed by atoms with Gasteiger partial charge in [0, 0.05) is 12.1 Å². The van der Waals surface area contributed by atoms with Crippen LogP contribution in [0.2, 0.25) is 0 Å². The molecule has 5 heteroatoms. The average molecular weight is 329 g/mol. The monoisotopic (exact) mass is 329 g/mol. The Balaban J connectivity index is 1.81. The van der Waals surface area contributed by atoms with E-state index in [1.807, 2.05) is 24.3 Å². The number of amides is 1. The molecule has 0 heterocycles. The van der Waals surface area contributed by atoms with Crippen LogP contribution in [0.5, 0.6) is 5.75 Å². The van der Waals surface area contributed by atoms with E-state index >= 15 is 0 Å². The second-order valence-electron chi connectivity index (χ2n) is 5.60. The van der Waals surface area contributed by atoms with Crippen molar-refractivity contribution in [1.82, 2.24) is 0 Å². The molecule has 0 aliphatic heterocycles. The molecule has 2 rings (SSSR count). The van der Waals surface area contributed by atoms with Gasteiger partial charge in [-0.25, -0.2) is 4.39 Å². The van der Waals surface area contributed by atoms with Gasteiger partial charge in [0.15, 0.2) is 0 Å². The van der Waals surface area contributed by atoms with Gasteiger partial charge in [0.05, 0.1) is 7.11 Å². The Bertz CT molecular complexity index is 706. The van der Waals surface area contributed by atoms with Crippen LogP contribution < -0.4 is 10.1 Å². The molecule has 0 aliphatic rings. The quantitative estimate of drug-likeness (QED) is 0.789. The van der Waals surface area contributed by atoms with E-state index in [-0.39, 0.29) is 6.42 Å². The van der Waals surface area contributed by atoms with Crippen LogP contribution in [0, 0.1) is 12.7 Å². The lowest BCUT2D eigenvalue weighted by molar-refractivity contribution is -0.134. The lowest BCUT2D eigenvalue weighted by Gasteiger charge is -2.06. The summed E-state index contributed by atoms with van der Waals surface area (Å²) in [7, 11) is 1.60. The molecule has 0 saturated carbocycles. The summed E-state index contributed by atoms with van der Waals surface area (Å²) >= 11 is 0. The molecular weight excluding hydrogens is 309 g/mol. The summed E-state index contributed by atoms with van der Waals surface area (Å²) in [6.45, 7) is 1.72. The van der Waals surface area contributed by atoms with Crippen LogP contribution in [0.4, 0.5) is 10.1 Å². The molecule has 1 N–H and O–H groups in total. The number of ketones is 1. The first-order valence-electron chi connectivity index (χ1n) is 7.72. The highest BCUT2D eigenvalue weighted by atomic mass is 19.1. The molecule has 2 aromatic carbocycles. The SMILES string of the molecule is COc1ccc(CCCC(=O)C(=O)Nc2cc(C)cc(F)c2)cc1. The normalized spacial score (nSPS) is 10.3. The van der Waals surface area contributed by atoms with Crippen LogP contribution in [0.3, 0.4) is 0 Å². The summed E-state index contributed by atoms with van der Waals surface area (Å²) in [5.74, 6) is -0.892. The Morgan fingerprint density at radius 3 is 2.46 bits per heavy atom. The summed E-state index contributed by atoms with van der Waals surface area (Å²) in [6.07, 6.45) is 1.41. The molecule has 1 amide bonds. The van der Waals surface area contributed by atoms with E-state index in [2.05, 4.69) is 5.32 Å². The first-order chi connectivity index (χ1) is 11.5. The van der Waals surface area contributed by atoms with Crippen LogP contribution in [-0.4, -0.2) is 18.8 Å². The van der Waals surface area contributed by atoms with Crippen LogP contribution in [0.15, 0.2) is 42.5 Å². The average Bonchev–Trinajstić information content (AvgIpc) is 2.54. The van der Waals surface area contributed by atoms with E-state index in [0.717, 1.165) is 11.3 Å². The summed E-state index contributed by atoms with van der Waals surface area (Å²) < 4.78 is 18.4. The molecule has 4 nitrogen and oxygen atoms in total. The van der Waals surface area contributed by atoms with Gasteiger partial charge in [-0.1, -0.05) is 12.1 Å². The number of methoxy groups -OCH3 is 1. The van der Waals surface area contributed by atoms with Gasteiger partial charge in [-0.15, -0.1) is 0 Å². The fraction of sp³-hybridized carbons (Fsp3) is 0.263. The van der Waals surface area contributed by atoms with Crippen molar-refractivity contribution in [1.29, 1.82) is 0 Å². The highest BCUT2D eigenvalue weighted by Crippen LogP contribution is 2.15. The molecule has 0 spiro atoms. The number of Topliss-reactive ketones (excluding diaryl/α,β-unsaturated/α-hetero) is 1. The van der Waals surface area contributed by atoms with Crippen molar-refractivity contribution in [2.75, 3.05) is 12.4 Å². The number of benzene rings is 2. The van der Waals surface area contributed by atoms with Crippen molar-refractivity contribution >= 4 is 17.4 Å². The topological polar surface area (TPSA) is 55.4 Å². The van der Waals surface area contributed by atoms with Crippen molar-refractivity contribution in [3.05, 3.63) is 59.4 Å². The van der Waals surface area contributed by atoms with Crippen molar-refractivity contribution in [2.24, 2.45) is 0 Å². The number of carbonyl (C=O) groups excluding carboxylic acids is 2. The van der Waals surface area contributed by atoms with Gasteiger partial charge < -0.3 is 10.1 Å². The molecular formula is C19H20FNO3. The number of aryl methyl sites for hydroxylation is 2. The summed E-state index contributed by atoms with van der Waals surface area (Å²) in [5.41, 5.74) is 2.04. The number of hydrogen-bond donors (Lipinski definition) is 1. The number of rotatable bonds is 7. The molecule has 2 aromatic rings. The first kappa shape index (κ1) is 17.7. The van der Waals surface area contributed by atoms with E-state index in [4.69, 9.17) is 4.74 Å². The maximum absolute atomic E-state index is 13.3. The first-order valence-corrected chi connectivity index (χ1v) is 7.72. The van der Waals surface area contributed by atoms with Crippen LogP contribution in [0.1, 0.15) is 24.0 Å². The van der Waals surface area contributed by atoms with Gasteiger partial charge >= 0.3 is 0 Å². The highest BCUT2D eigenvalue weighted by molar-refractivity contribution is 6.40. The van der Waals surface area contributed by atoms with Crippen molar-refractivity contribution in [3.8, 4) is 5.75 Å². The molecule has 0 fully saturated rings. The Morgan fingerprint density at radius 2 is 1.83 bits per heavy atom. The highest BCUT2D eigenvalue weighted by Gasteiger charge is 2.14. The number of halogens is 1. The zero-order valence-electron chi connectivity index (χ0n) is 13.8. The van der Waals surface area contributed by atoms with Crippen LogP contribution >= 0.6 is 0 Å². The number of anilines is 1. The van der Waals surface area contributed by atoms with Crippen molar-refractivity contribution in [2.45, 2.75) is 26.2 Å². The molecule has 0 saturated heterocycles. The lowest BCUT2D eigenvalue weighted by atomic mass is 10.1. The van der Waals surface area contributed by atoms with Gasteiger partial charge in [0.2, 0.25) is 5.78 Å². The molecule has 126 valence electrons. The Labute approximate surface area is 140 Å². The molecule has 0 radical (unpaired) electrons. The Hall–Kier alpha value is -2.69. The maximum Gasteiger partial charge on any atom is 0.291 e. The van der Waals surface area contributed by atoms with E-state index < -0.39 is 17.5 Å². The van der Waals surface area contributed by atoms with Gasteiger partial charge in [-0.2, -0.15) is 0 Å². The summed E-state index contributed by atoms with van der Waals surface area (Å²) in [6, 6.07) is 11.7. The van der Waals surface area contributed by atoms with Gasteiger partial charge in [0.25, 0.3) is 5.91 Å². The number of nitrogens with one attached hydrogen (secondary N) is 1. The fourth-order valence-corrected chi connectivity index (χ4v) is 2.37. The molecule has 0 aliphatic carbocycles. The van der Waals surface area contributed by atoms with Crippen molar-refractivity contribution in [3.63, 3.8) is 0 Å². The van der Waals surface area contributed by atoms with E-state index in [1.54, 1.807) is 20.1 Å². The second-order valence-corrected chi connectivity index (χ2v) is 5.60. The van der Waals surface area contributed by atoms with Gasteiger partial charge in [0.1, 0.15) is 11.6 Å². The molecule has 24 heavy (non-hydrogen) atoms. The Kier molecular flexibility index (Phi) is 6.07. The minimum Gasteiger partial charge on any atom is -0.497 e. The molecule has 0 bridgehead atoms. The smallest absolute Gasteiger partial charge is 0.291 e. The summed E-state index contributed by atoms with van der Waals surface area (Å²) in [4.78, 5) is 23.7. The van der Waals surface area contributed by atoms with Crippen LogP contribution in [0.25, 0.3) is 0 Å². The fourth-order valence-electron chi connectivity index (χ4n) is 2.37.